The van der Waals surface area contributed by atoms with Crippen LogP contribution in [-0.4, -0.2) is 4.98 Å². The minimum atomic E-state index is -4.53. The van der Waals surface area contributed by atoms with Gasteiger partial charge in [-0.2, -0.15) is 13.2 Å². The maximum absolute atomic E-state index is 13.3. The van der Waals surface area contributed by atoms with Crippen LogP contribution in [0.15, 0.2) is 23.6 Å². The minimum Gasteiger partial charge on any atom is -0.357 e. The number of thiazole rings is 1. The van der Waals surface area contributed by atoms with E-state index in [4.69, 9.17) is 0 Å². The van der Waals surface area contributed by atoms with Crippen molar-refractivity contribution < 1.29 is 22.0 Å². The Morgan fingerprint density at radius 3 is 2.32 bits per heavy atom. The van der Waals surface area contributed by atoms with Crippen LogP contribution in [0.1, 0.15) is 11.3 Å². The summed E-state index contributed by atoms with van der Waals surface area (Å²) >= 11 is 0.720. The molecule has 0 bridgehead atoms. The zero-order valence-corrected chi connectivity index (χ0v) is 10.1. The van der Waals surface area contributed by atoms with E-state index < -0.39 is 23.5 Å². The van der Waals surface area contributed by atoms with Crippen molar-refractivity contribution >= 4 is 16.5 Å². The first-order valence-corrected chi connectivity index (χ1v) is 5.95. The van der Waals surface area contributed by atoms with Crippen molar-refractivity contribution in [2.45, 2.75) is 12.7 Å². The molecule has 19 heavy (non-hydrogen) atoms. The molecule has 0 spiro atoms. The summed E-state index contributed by atoms with van der Waals surface area (Å²) in [6, 6.07) is 3.35. The molecule has 8 heteroatoms. The second kappa shape index (κ2) is 5.12. The zero-order chi connectivity index (χ0) is 14.0. The van der Waals surface area contributed by atoms with E-state index in [9.17, 15) is 22.0 Å². The Kier molecular flexibility index (Phi) is 3.70. The van der Waals surface area contributed by atoms with Gasteiger partial charge in [0.2, 0.25) is 0 Å². The van der Waals surface area contributed by atoms with Gasteiger partial charge in [-0.05, 0) is 12.1 Å². The molecule has 1 aromatic carbocycles. The first-order chi connectivity index (χ1) is 8.88. The third-order valence-electron chi connectivity index (χ3n) is 2.27. The molecule has 0 fully saturated rings. The van der Waals surface area contributed by atoms with Crippen LogP contribution < -0.4 is 5.32 Å². The van der Waals surface area contributed by atoms with E-state index in [0.717, 1.165) is 28.8 Å². The molecule has 0 aliphatic rings. The normalized spacial score (nSPS) is 11.6. The van der Waals surface area contributed by atoms with Gasteiger partial charge in [0.1, 0.15) is 11.6 Å². The summed E-state index contributed by atoms with van der Waals surface area (Å²) in [5.41, 5.74) is -1.28. The molecule has 0 saturated carbocycles. The van der Waals surface area contributed by atoms with Crippen LogP contribution in [0, 0.1) is 11.6 Å². The topological polar surface area (TPSA) is 24.9 Å². The minimum absolute atomic E-state index is 0.0463. The molecule has 0 saturated heterocycles. The summed E-state index contributed by atoms with van der Waals surface area (Å²) in [6.45, 7) is -0.274. The van der Waals surface area contributed by atoms with Crippen LogP contribution in [0.3, 0.4) is 0 Å². The van der Waals surface area contributed by atoms with Gasteiger partial charge in [0.25, 0.3) is 0 Å². The van der Waals surface area contributed by atoms with E-state index in [2.05, 4.69) is 10.3 Å². The predicted molar refractivity (Wildman–Crippen MR) is 60.8 cm³/mol. The molecule has 0 aliphatic carbocycles. The summed E-state index contributed by atoms with van der Waals surface area (Å²) in [5, 5.41) is 3.25. The predicted octanol–water partition coefficient (Wildman–Crippen LogP) is 4.05. The average molecular weight is 294 g/mol. The summed E-state index contributed by atoms with van der Waals surface area (Å²) in [5.74, 6) is -1.53. The zero-order valence-electron chi connectivity index (χ0n) is 9.26. The molecule has 2 nitrogen and oxygen atoms in total. The van der Waals surface area contributed by atoms with Crippen molar-refractivity contribution in [3.8, 4) is 0 Å². The van der Waals surface area contributed by atoms with E-state index in [1.807, 2.05) is 0 Å². The fourth-order valence-corrected chi connectivity index (χ4v) is 2.07. The molecule has 2 rings (SSSR count). The maximum Gasteiger partial charge on any atom is 0.434 e. The first kappa shape index (κ1) is 13.7. The van der Waals surface area contributed by atoms with E-state index in [-0.39, 0.29) is 17.2 Å². The van der Waals surface area contributed by atoms with Gasteiger partial charge in [-0.25, -0.2) is 13.8 Å². The lowest BCUT2D eigenvalue weighted by Gasteiger charge is -2.05. The van der Waals surface area contributed by atoms with Crippen LogP contribution in [0.4, 0.5) is 27.1 Å². The SMILES string of the molecule is Fc1cccc(F)c1CNc1nc(C(F)(F)F)cs1. The maximum atomic E-state index is 13.3. The van der Waals surface area contributed by atoms with Gasteiger partial charge in [-0.1, -0.05) is 6.07 Å². The van der Waals surface area contributed by atoms with E-state index in [0.29, 0.717) is 0 Å². The molecule has 0 amide bonds. The highest BCUT2D eigenvalue weighted by Crippen LogP contribution is 2.31. The molecule has 1 heterocycles. The van der Waals surface area contributed by atoms with Gasteiger partial charge in [-0.15, -0.1) is 11.3 Å². The first-order valence-electron chi connectivity index (χ1n) is 5.07. The lowest BCUT2D eigenvalue weighted by Crippen LogP contribution is -2.07. The van der Waals surface area contributed by atoms with E-state index in [1.54, 1.807) is 0 Å². The largest absolute Gasteiger partial charge is 0.434 e. The van der Waals surface area contributed by atoms with Crippen molar-refractivity contribution in [1.29, 1.82) is 0 Å². The lowest BCUT2D eigenvalue weighted by atomic mass is 10.2. The molecule has 0 atom stereocenters. The Labute approximate surface area is 108 Å². The number of hydrogen-bond donors (Lipinski definition) is 1. The number of rotatable bonds is 3. The van der Waals surface area contributed by atoms with Crippen LogP contribution in [0.2, 0.25) is 0 Å². The Hall–Kier alpha value is -1.70. The second-order valence-corrected chi connectivity index (χ2v) is 4.45. The molecule has 102 valence electrons. The number of nitrogens with one attached hydrogen (secondary N) is 1. The molecule has 0 aliphatic heterocycles. The van der Waals surface area contributed by atoms with Crippen molar-refractivity contribution in [2.75, 3.05) is 5.32 Å². The summed E-state index contributed by atoms with van der Waals surface area (Å²) in [6.07, 6.45) is -4.53. The van der Waals surface area contributed by atoms with Crippen LogP contribution in [-0.2, 0) is 12.7 Å². The van der Waals surface area contributed by atoms with Crippen molar-refractivity contribution in [3.63, 3.8) is 0 Å². The molecule has 1 N–H and O–H groups in total. The molecule has 0 radical (unpaired) electrons. The lowest BCUT2D eigenvalue weighted by molar-refractivity contribution is -0.140. The smallest absolute Gasteiger partial charge is 0.357 e. The van der Waals surface area contributed by atoms with Gasteiger partial charge in [-0.3, -0.25) is 0 Å². The summed E-state index contributed by atoms with van der Waals surface area (Å²) in [4.78, 5) is 3.29. The highest BCUT2D eigenvalue weighted by Gasteiger charge is 2.33. The van der Waals surface area contributed by atoms with Crippen LogP contribution in [0.5, 0.6) is 0 Å². The van der Waals surface area contributed by atoms with Gasteiger partial charge < -0.3 is 5.32 Å². The standard InChI is InChI=1S/C11H7F5N2S/c12-7-2-1-3-8(13)6(7)4-17-10-18-9(5-19-10)11(14,15)16/h1-3,5H,4H2,(H,17,18). The Balaban J connectivity index is 2.09. The van der Waals surface area contributed by atoms with E-state index in [1.165, 1.54) is 6.07 Å². The van der Waals surface area contributed by atoms with Crippen molar-refractivity contribution in [1.82, 2.24) is 4.98 Å². The Morgan fingerprint density at radius 1 is 1.16 bits per heavy atom. The number of aromatic nitrogens is 1. The van der Waals surface area contributed by atoms with Crippen LogP contribution in [0.25, 0.3) is 0 Å². The Bertz CT molecular complexity index is 558. The fraction of sp³-hybridized carbons (Fsp3) is 0.182. The number of nitrogens with zero attached hydrogens (tertiary/aromatic N) is 1. The summed E-state index contributed by atoms with van der Waals surface area (Å²) < 4.78 is 63.4. The third kappa shape index (κ3) is 3.19. The third-order valence-corrected chi connectivity index (χ3v) is 3.07. The number of anilines is 1. The molecule has 0 unspecified atom stereocenters. The van der Waals surface area contributed by atoms with Gasteiger partial charge >= 0.3 is 6.18 Å². The van der Waals surface area contributed by atoms with E-state index >= 15 is 0 Å². The molecule has 1 aromatic heterocycles. The number of halogens is 5. The number of alkyl halides is 3. The summed E-state index contributed by atoms with van der Waals surface area (Å²) in [7, 11) is 0. The average Bonchev–Trinajstić information content (AvgIpc) is 2.77. The Morgan fingerprint density at radius 2 is 1.79 bits per heavy atom. The highest BCUT2D eigenvalue weighted by molar-refractivity contribution is 7.13. The molecular weight excluding hydrogens is 287 g/mol. The second-order valence-electron chi connectivity index (χ2n) is 3.59. The quantitative estimate of drug-likeness (QED) is 0.864. The number of hydrogen-bond acceptors (Lipinski definition) is 3. The van der Waals surface area contributed by atoms with Gasteiger partial charge in [0.05, 0.1) is 0 Å². The van der Waals surface area contributed by atoms with Crippen molar-refractivity contribution in [3.05, 3.63) is 46.5 Å². The highest BCUT2D eigenvalue weighted by atomic mass is 32.1. The van der Waals surface area contributed by atoms with Gasteiger partial charge in [0, 0.05) is 17.5 Å². The van der Waals surface area contributed by atoms with Crippen molar-refractivity contribution in [2.24, 2.45) is 0 Å². The van der Waals surface area contributed by atoms with Crippen LogP contribution >= 0.6 is 11.3 Å². The number of benzene rings is 1. The molecule has 2 aromatic rings. The van der Waals surface area contributed by atoms with Gasteiger partial charge in [0.15, 0.2) is 10.8 Å². The monoisotopic (exact) mass is 294 g/mol. The molecular formula is C11H7F5N2S. The fourth-order valence-electron chi connectivity index (χ4n) is 1.35.